The molecule has 1 fully saturated rings. The number of ether oxygens (including phenoxy) is 3. The van der Waals surface area contributed by atoms with Gasteiger partial charge < -0.3 is 24.4 Å². The van der Waals surface area contributed by atoms with Gasteiger partial charge >= 0.3 is 17.8 Å². The molecule has 41 heavy (non-hydrogen) atoms. The minimum absolute atomic E-state index is 0.0578. The van der Waals surface area contributed by atoms with Crippen molar-refractivity contribution in [3.8, 4) is 16.9 Å². The first-order valence-corrected chi connectivity index (χ1v) is 14.3. The van der Waals surface area contributed by atoms with Crippen LogP contribution in [0.4, 0.5) is 8.78 Å². The lowest BCUT2D eigenvalue weighted by Gasteiger charge is -2.38. The highest BCUT2D eigenvalue weighted by Gasteiger charge is 2.55. The van der Waals surface area contributed by atoms with Crippen LogP contribution in [0.3, 0.4) is 0 Å². The molecule has 5 rings (SSSR count). The number of hydrogen-bond acceptors (Lipinski definition) is 10. The highest BCUT2D eigenvalue weighted by Crippen LogP contribution is 2.44. The smallest absolute Gasteiger partial charge is 0.349 e. The molecule has 2 N–H and O–H groups in total. The van der Waals surface area contributed by atoms with Crippen molar-refractivity contribution in [1.29, 1.82) is 0 Å². The van der Waals surface area contributed by atoms with E-state index in [-0.39, 0.29) is 29.2 Å². The van der Waals surface area contributed by atoms with Gasteiger partial charge in [-0.15, -0.1) is 0 Å². The van der Waals surface area contributed by atoms with Gasteiger partial charge in [0.1, 0.15) is 23.5 Å². The van der Waals surface area contributed by atoms with Gasteiger partial charge in [-0.05, 0) is 36.4 Å². The largest absolute Gasteiger partial charge is 0.485 e. The Balaban J connectivity index is 1.68. The Morgan fingerprint density at radius 2 is 1.46 bits per heavy atom. The normalized spacial score (nSPS) is 25.1. The molecular formula is C28H25F2NO9S. The van der Waals surface area contributed by atoms with Gasteiger partial charge in [0.2, 0.25) is 0 Å². The molecule has 0 radical (unpaired) electrons. The summed E-state index contributed by atoms with van der Waals surface area (Å²) in [6.07, 6.45) is -4.06. The van der Waals surface area contributed by atoms with Gasteiger partial charge in [-0.25, -0.2) is 31.7 Å². The number of carbonyl (C=O) groups excluding carboxylic acids is 2. The number of benzene rings is 3. The molecule has 0 saturated carbocycles. The van der Waals surface area contributed by atoms with Crippen LogP contribution in [-0.2, 0) is 34.8 Å². The van der Waals surface area contributed by atoms with Crippen molar-refractivity contribution in [2.45, 2.75) is 35.5 Å². The van der Waals surface area contributed by atoms with Crippen LogP contribution in [-0.4, -0.2) is 67.5 Å². The molecule has 13 heteroatoms. The van der Waals surface area contributed by atoms with E-state index in [4.69, 9.17) is 14.2 Å². The average molecular weight is 590 g/mol. The molecule has 3 aromatic carbocycles. The van der Waals surface area contributed by atoms with Crippen LogP contribution in [0.25, 0.3) is 11.1 Å². The van der Waals surface area contributed by atoms with Gasteiger partial charge in [0.05, 0.1) is 10.5 Å². The lowest BCUT2D eigenvalue weighted by molar-refractivity contribution is -0.288. The molecule has 2 aliphatic heterocycles. The molecule has 1 spiro atoms. The Labute approximate surface area is 233 Å². The zero-order chi connectivity index (χ0) is 29.7. The van der Waals surface area contributed by atoms with E-state index in [2.05, 4.69) is 0 Å². The first-order chi connectivity index (χ1) is 19.3. The van der Waals surface area contributed by atoms with Crippen molar-refractivity contribution in [2.75, 3.05) is 19.8 Å². The van der Waals surface area contributed by atoms with Gasteiger partial charge in [-0.3, -0.25) is 0 Å². The summed E-state index contributed by atoms with van der Waals surface area (Å²) in [6, 6.07) is 13.4. The number of fused-ring (bicyclic) bond motifs is 2. The maximum atomic E-state index is 13.9. The monoisotopic (exact) mass is 589 g/mol. The number of sulfone groups is 1. The average Bonchev–Trinajstić information content (AvgIpc) is 3.07. The Kier molecular flexibility index (Phi) is 7.32. The second-order valence-corrected chi connectivity index (χ2v) is 11.8. The number of halogens is 2. The number of aliphatic hydroxyl groups excluding tert-OH is 2. The molecule has 3 atom stereocenters. The van der Waals surface area contributed by atoms with E-state index in [1.807, 2.05) is 0 Å². The number of esters is 2. The predicted molar refractivity (Wildman–Crippen MR) is 138 cm³/mol. The Hall–Kier alpha value is -3.91. The molecule has 1 saturated heterocycles. The summed E-state index contributed by atoms with van der Waals surface area (Å²) in [7, 11) is -1.98. The van der Waals surface area contributed by atoms with Crippen LogP contribution in [0.1, 0.15) is 23.7 Å². The van der Waals surface area contributed by atoms with Gasteiger partial charge in [0, 0.05) is 43.0 Å². The quantitative estimate of drug-likeness (QED) is 0.436. The van der Waals surface area contributed by atoms with Crippen LogP contribution < -0.4 is 4.74 Å². The van der Waals surface area contributed by atoms with Crippen molar-refractivity contribution in [3.05, 3.63) is 83.4 Å². The fourth-order valence-corrected chi connectivity index (χ4v) is 5.46. The summed E-state index contributed by atoms with van der Waals surface area (Å²) in [5.41, 5.74) is 1.44. The summed E-state index contributed by atoms with van der Waals surface area (Å²) in [5, 5.41) is 20.3. The molecule has 10 nitrogen and oxygen atoms in total. The van der Waals surface area contributed by atoms with E-state index >= 15 is 0 Å². The SMILES string of the molecule is CN1CCC(Oc2cc(F)cc(F)c2)c2ccc(-c3ccc(S(C)(=O)=O)cc3)cc2C12OC(=O)C(O)C(O)C(=O)O2. The predicted octanol–water partition coefficient (Wildman–Crippen LogP) is 2.42. The van der Waals surface area contributed by atoms with Crippen LogP contribution in [0.5, 0.6) is 5.75 Å². The molecule has 3 aromatic rings. The highest BCUT2D eigenvalue weighted by atomic mass is 32.2. The molecule has 0 aromatic heterocycles. The molecule has 2 heterocycles. The zero-order valence-electron chi connectivity index (χ0n) is 21.8. The lowest BCUT2D eigenvalue weighted by atomic mass is 9.94. The van der Waals surface area contributed by atoms with Crippen LogP contribution in [0.2, 0.25) is 0 Å². The third kappa shape index (κ3) is 5.40. The molecule has 0 amide bonds. The standard InChI is InChI=1S/C28H25F2NO9S/c1-31-10-9-23(38-19-13-17(29)12-18(30)14-19)21-8-5-16(15-3-6-20(7-4-15)41(2,36)37)11-22(21)28(31)39-26(34)24(32)25(33)27(35)40-28/h3-8,11-14,23-25,32-33H,9-10H2,1-2H3. The fourth-order valence-electron chi connectivity index (χ4n) is 4.83. The van der Waals surface area contributed by atoms with Crippen molar-refractivity contribution in [3.63, 3.8) is 0 Å². The topological polar surface area (TPSA) is 140 Å². The van der Waals surface area contributed by atoms with E-state index in [0.29, 0.717) is 22.8 Å². The van der Waals surface area contributed by atoms with Crippen molar-refractivity contribution >= 4 is 21.8 Å². The fraction of sp³-hybridized carbons (Fsp3) is 0.286. The minimum Gasteiger partial charge on any atom is -0.485 e. The Bertz CT molecular complexity index is 1590. The Morgan fingerprint density at radius 3 is 2.02 bits per heavy atom. The number of rotatable bonds is 4. The maximum Gasteiger partial charge on any atom is 0.349 e. The third-order valence-electron chi connectivity index (χ3n) is 6.96. The van der Waals surface area contributed by atoms with E-state index in [9.17, 15) is 37.0 Å². The summed E-state index contributed by atoms with van der Waals surface area (Å²) >= 11 is 0. The zero-order valence-corrected chi connectivity index (χ0v) is 22.6. The van der Waals surface area contributed by atoms with Crippen molar-refractivity contribution in [2.24, 2.45) is 0 Å². The van der Waals surface area contributed by atoms with Crippen LogP contribution in [0, 0.1) is 11.6 Å². The summed E-state index contributed by atoms with van der Waals surface area (Å²) < 4.78 is 68.8. The van der Waals surface area contributed by atoms with Crippen molar-refractivity contribution < 1.29 is 51.2 Å². The Morgan fingerprint density at radius 1 is 0.902 bits per heavy atom. The lowest BCUT2D eigenvalue weighted by Crippen LogP contribution is -2.50. The van der Waals surface area contributed by atoms with Gasteiger partial charge in [-0.1, -0.05) is 24.3 Å². The van der Waals surface area contributed by atoms with E-state index in [1.54, 1.807) is 24.3 Å². The van der Waals surface area contributed by atoms with Gasteiger partial charge in [0.25, 0.3) is 0 Å². The number of hydrogen-bond donors (Lipinski definition) is 2. The summed E-state index contributed by atoms with van der Waals surface area (Å²) in [5.74, 6) is -6.74. The molecule has 0 bridgehead atoms. The number of nitrogens with zero attached hydrogens (tertiary/aromatic N) is 1. The highest BCUT2D eigenvalue weighted by molar-refractivity contribution is 7.90. The number of carbonyl (C=O) groups is 2. The molecular weight excluding hydrogens is 564 g/mol. The summed E-state index contributed by atoms with van der Waals surface area (Å²) in [4.78, 5) is 27.0. The number of aliphatic hydroxyl groups is 2. The minimum atomic E-state index is -3.46. The van der Waals surface area contributed by atoms with Crippen LogP contribution in [0.15, 0.2) is 65.6 Å². The van der Waals surface area contributed by atoms with Gasteiger partial charge in [-0.2, -0.15) is 0 Å². The summed E-state index contributed by atoms with van der Waals surface area (Å²) in [6.45, 7) is 0.0578. The van der Waals surface area contributed by atoms with E-state index < -0.39 is 57.6 Å². The molecule has 3 unspecified atom stereocenters. The third-order valence-corrected chi connectivity index (χ3v) is 8.09. The molecule has 216 valence electrons. The van der Waals surface area contributed by atoms with Crippen LogP contribution >= 0.6 is 0 Å². The molecule has 2 aliphatic rings. The second kappa shape index (κ2) is 10.5. The maximum absolute atomic E-state index is 13.9. The molecule has 0 aliphatic carbocycles. The van der Waals surface area contributed by atoms with Crippen molar-refractivity contribution in [1.82, 2.24) is 4.90 Å². The van der Waals surface area contributed by atoms with E-state index in [0.717, 1.165) is 18.4 Å². The first kappa shape index (κ1) is 28.6. The first-order valence-electron chi connectivity index (χ1n) is 12.4. The van der Waals surface area contributed by atoms with Gasteiger partial charge in [0.15, 0.2) is 22.0 Å². The van der Waals surface area contributed by atoms with E-state index in [1.165, 1.54) is 30.1 Å². The second-order valence-electron chi connectivity index (χ2n) is 9.83.